The Morgan fingerprint density at radius 1 is 1.03 bits per heavy atom. The van der Waals surface area contributed by atoms with Gasteiger partial charge in [-0.05, 0) is 76.1 Å². The van der Waals surface area contributed by atoms with Crippen molar-refractivity contribution in [2.24, 2.45) is 0 Å². The molecule has 38 heavy (non-hydrogen) atoms. The molecule has 198 valence electrons. The van der Waals surface area contributed by atoms with Crippen LogP contribution in [0.5, 0.6) is 0 Å². The van der Waals surface area contributed by atoms with Crippen LogP contribution in [0.2, 0.25) is 10.0 Å². The summed E-state index contributed by atoms with van der Waals surface area (Å²) in [7, 11) is 0. The molecule has 0 bridgehead atoms. The van der Waals surface area contributed by atoms with Crippen molar-refractivity contribution in [3.8, 4) is 0 Å². The van der Waals surface area contributed by atoms with Crippen molar-refractivity contribution in [3.63, 3.8) is 0 Å². The molecule has 8 heteroatoms. The van der Waals surface area contributed by atoms with Gasteiger partial charge in [-0.3, -0.25) is 9.29 Å². The number of nitrogens with zero attached hydrogens (tertiary/aromatic N) is 1. The predicted octanol–water partition coefficient (Wildman–Crippen LogP) is 8.63. The van der Waals surface area contributed by atoms with E-state index in [1.165, 1.54) is 5.57 Å². The maximum Gasteiger partial charge on any atom is 0.335 e. The van der Waals surface area contributed by atoms with E-state index in [2.05, 4.69) is 35.2 Å². The van der Waals surface area contributed by atoms with Gasteiger partial charge in [0.25, 0.3) is 0 Å². The number of carboxylic acids is 1. The normalized spacial score (nSPS) is 15.3. The average Bonchev–Trinajstić information content (AvgIpc) is 3.04. The van der Waals surface area contributed by atoms with Crippen LogP contribution in [0.25, 0.3) is 17.2 Å². The highest BCUT2D eigenvalue weighted by atomic mass is 35.5. The van der Waals surface area contributed by atoms with Crippen LogP contribution in [0.3, 0.4) is 0 Å². The summed E-state index contributed by atoms with van der Waals surface area (Å²) in [4.78, 5) is 14.8. The quantitative estimate of drug-likeness (QED) is 0.299. The minimum absolute atomic E-state index is 0. The third-order valence-corrected chi connectivity index (χ3v) is 8.30. The van der Waals surface area contributed by atoms with Crippen molar-refractivity contribution in [1.29, 1.82) is 0 Å². The van der Waals surface area contributed by atoms with E-state index in [9.17, 15) is 14.3 Å². The Hall–Kier alpha value is -2.28. The number of fused-ring (bicyclic) bond motifs is 1. The van der Waals surface area contributed by atoms with Crippen molar-refractivity contribution in [3.05, 3.63) is 104 Å². The van der Waals surface area contributed by atoms with Crippen LogP contribution in [-0.2, 0) is 0 Å². The molecule has 0 aromatic heterocycles. The fraction of sp³-hybridized carbons (Fsp3) is 0.233. The number of alkyl halides is 1. The molecular formula is C30H27Cl3FNO2S. The number of carbonyl (C=O) groups is 1. The summed E-state index contributed by atoms with van der Waals surface area (Å²) in [5.74, 6) is -0.132. The van der Waals surface area contributed by atoms with Gasteiger partial charge < -0.3 is 5.11 Å². The fourth-order valence-corrected chi connectivity index (χ4v) is 6.49. The molecule has 2 heterocycles. The van der Waals surface area contributed by atoms with Gasteiger partial charge in [0.2, 0.25) is 0 Å². The lowest BCUT2D eigenvalue weighted by atomic mass is 9.87. The number of thioether (sulfide) groups is 1. The second-order valence-electron chi connectivity index (χ2n) is 9.27. The van der Waals surface area contributed by atoms with E-state index in [0.717, 1.165) is 70.1 Å². The molecule has 3 aromatic rings. The van der Waals surface area contributed by atoms with E-state index in [1.54, 1.807) is 30.0 Å². The molecule has 0 unspecified atom stereocenters. The molecule has 0 radical (unpaired) electrons. The first-order chi connectivity index (χ1) is 17.9. The third kappa shape index (κ3) is 6.30. The van der Waals surface area contributed by atoms with Gasteiger partial charge in [0, 0.05) is 40.3 Å². The number of rotatable bonds is 7. The summed E-state index contributed by atoms with van der Waals surface area (Å²) in [6, 6.07) is 19.4. The lowest BCUT2D eigenvalue weighted by Gasteiger charge is -2.33. The van der Waals surface area contributed by atoms with Crippen molar-refractivity contribution in [2.75, 3.05) is 32.1 Å². The first kappa shape index (κ1) is 28.7. The molecule has 0 saturated carbocycles. The lowest BCUT2D eigenvalue weighted by molar-refractivity contribution is 0.0696. The first-order valence-electron chi connectivity index (χ1n) is 12.2. The maximum atomic E-state index is 12.4. The zero-order chi connectivity index (χ0) is 25.9. The number of likely N-dealkylation sites (tertiary alicyclic amines) is 1. The van der Waals surface area contributed by atoms with Gasteiger partial charge in [0.15, 0.2) is 0 Å². The van der Waals surface area contributed by atoms with E-state index in [1.807, 2.05) is 18.2 Å². The van der Waals surface area contributed by atoms with Gasteiger partial charge in [-0.2, -0.15) is 0 Å². The predicted molar refractivity (Wildman–Crippen MR) is 160 cm³/mol. The summed E-state index contributed by atoms with van der Waals surface area (Å²) in [6.07, 6.45) is 3.57. The minimum atomic E-state index is -0.934. The molecule has 1 fully saturated rings. The number of aromatic carboxylic acids is 1. The largest absolute Gasteiger partial charge is 0.478 e. The highest BCUT2D eigenvalue weighted by Gasteiger charge is 2.23. The number of hydrogen-bond donors (Lipinski definition) is 1. The van der Waals surface area contributed by atoms with E-state index in [0.29, 0.717) is 16.5 Å². The van der Waals surface area contributed by atoms with Gasteiger partial charge in [-0.1, -0.05) is 65.7 Å². The van der Waals surface area contributed by atoms with Gasteiger partial charge in [-0.25, -0.2) is 4.79 Å². The highest BCUT2D eigenvalue weighted by molar-refractivity contribution is 7.99. The highest BCUT2D eigenvalue weighted by Crippen LogP contribution is 2.45. The monoisotopic (exact) mass is 589 g/mol. The zero-order valence-electron chi connectivity index (χ0n) is 20.6. The maximum absolute atomic E-state index is 12.4. The molecule has 2 aliphatic heterocycles. The molecule has 0 aliphatic carbocycles. The van der Waals surface area contributed by atoms with Crippen LogP contribution in [-0.4, -0.2) is 48.0 Å². The number of allylic oxidation sites excluding steroid dienone is 1. The summed E-state index contributed by atoms with van der Waals surface area (Å²) in [5.41, 5.74) is 7.91. The fourth-order valence-electron chi connectivity index (χ4n) is 4.91. The Morgan fingerprint density at radius 2 is 1.76 bits per heavy atom. The van der Waals surface area contributed by atoms with E-state index in [4.69, 9.17) is 23.2 Å². The van der Waals surface area contributed by atoms with Crippen LogP contribution < -0.4 is 0 Å². The Kier molecular flexibility index (Phi) is 9.61. The Bertz CT molecular complexity index is 1400. The van der Waals surface area contributed by atoms with Gasteiger partial charge in [-0.15, -0.1) is 24.2 Å². The van der Waals surface area contributed by atoms with Gasteiger partial charge in [0.1, 0.15) is 0 Å². The van der Waals surface area contributed by atoms with Crippen molar-refractivity contribution in [1.82, 2.24) is 4.90 Å². The van der Waals surface area contributed by atoms with Crippen molar-refractivity contribution in [2.45, 2.75) is 17.7 Å². The van der Waals surface area contributed by atoms with Crippen molar-refractivity contribution >= 4 is 70.6 Å². The minimum Gasteiger partial charge on any atom is -0.478 e. The summed E-state index contributed by atoms with van der Waals surface area (Å²) >= 11 is 14.5. The molecule has 5 rings (SSSR count). The van der Waals surface area contributed by atoms with Gasteiger partial charge in [0.05, 0.1) is 12.2 Å². The molecule has 3 nitrogen and oxygen atoms in total. The second-order valence-corrected chi connectivity index (χ2v) is 11.3. The lowest BCUT2D eigenvalue weighted by Crippen LogP contribution is -2.40. The van der Waals surface area contributed by atoms with Crippen molar-refractivity contribution < 1.29 is 14.3 Å². The molecule has 0 amide bonds. The smallest absolute Gasteiger partial charge is 0.335 e. The molecule has 3 aromatic carbocycles. The molecular weight excluding hydrogens is 564 g/mol. The Balaban J connectivity index is 0.00000336. The summed E-state index contributed by atoms with van der Waals surface area (Å²) < 4.78 is 12.4. The molecule has 1 N–H and O–H groups in total. The standard InChI is InChI=1S/C30H26Cl2FNO2S.ClH/c31-23-7-9-24(27(32)16-23)25-10-13-37-28-15-22(30(35)36)6-8-26(28)29(25)21-4-2-19(3-5-21)14-20-17-34(18-20)12-1-11-33;/h2-9,14-16H,1,10-13,17-18H2,(H,35,36);1H. The van der Waals surface area contributed by atoms with E-state index >= 15 is 0 Å². The molecule has 2 aliphatic rings. The molecule has 0 atom stereocenters. The van der Waals surface area contributed by atoms with Crippen LogP contribution in [0, 0.1) is 0 Å². The summed E-state index contributed by atoms with van der Waals surface area (Å²) in [5, 5.41) is 10.7. The number of hydrogen-bond acceptors (Lipinski definition) is 3. The number of halogens is 4. The topological polar surface area (TPSA) is 40.5 Å². The summed E-state index contributed by atoms with van der Waals surface area (Å²) in [6.45, 7) is 2.32. The Morgan fingerprint density at radius 3 is 2.45 bits per heavy atom. The van der Waals surface area contributed by atoms with Crippen LogP contribution in [0.4, 0.5) is 4.39 Å². The van der Waals surface area contributed by atoms with E-state index < -0.39 is 5.97 Å². The van der Waals surface area contributed by atoms with Crippen LogP contribution in [0.1, 0.15) is 45.5 Å². The van der Waals surface area contributed by atoms with Crippen LogP contribution in [0.15, 0.2) is 71.1 Å². The van der Waals surface area contributed by atoms with Crippen LogP contribution >= 0.6 is 47.4 Å². The molecule has 1 saturated heterocycles. The third-order valence-electron chi connectivity index (χ3n) is 6.70. The van der Waals surface area contributed by atoms with Gasteiger partial charge >= 0.3 is 5.97 Å². The Labute approximate surface area is 242 Å². The average molecular weight is 591 g/mol. The second kappa shape index (κ2) is 12.7. The molecule has 0 spiro atoms. The zero-order valence-corrected chi connectivity index (χ0v) is 23.7. The number of carboxylic acid groups (broad SMARTS) is 1. The first-order valence-corrected chi connectivity index (χ1v) is 13.9. The SMILES string of the molecule is Cl.O=C(O)c1ccc2c(c1)SCCC(c1ccc(Cl)cc1Cl)=C2c1ccc(C=C2CN(CCCF)C2)cc1. The number of benzene rings is 3. The van der Waals surface area contributed by atoms with E-state index in [-0.39, 0.29) is 24.6 Å².